The lowest BCUT2D eigenvalue weighted by Crippen LogP contribution is -2.37. The summed E-state index contributed by atoms with van der Waals surface area (Å²) in [6.45, 7) is 10.7. The van der Waals surface area contributed by atoms with E-state index in [0.29, 0.717) is 29.7 Å². The van der Waals surface area contributed by atoms with Crippen LogP contribution in [-0.4, -0.2) is 26.9 Å². The Morgan fingerprint density at radius 2 is 1.81 bits per heavy atom. The van der Waals surface area contributed by atoms with Crippen molar-refractivity contribution in [3.05, 3.63) is 69.8 Å². The Morgan fingerprint density at radius 1 is 1.06 bits per heavy atom. The van der Waals surface area contributed by atoms with Crippen molar-refractivity contribution in [3.8, 4) is 5.69 Å². The van der Waals surface area contributed by atoms with Gasteiger partial charge in [-0.05, 0) is 69.5 Å². The van der Waals surface area contributed by atoms with Crippen molar-refractivity contribution in [2.75, 3.05) is 6.54 Å². The molecular formula is C26H33N3O2. The molecule has 0 bridgehead atoms. The smallest absolute Gasteiger partial charge is 0.266 e. The molecule has 3 aromatic rings. The number of hydrogen-bond donors (Lipinski definition) is 0. The molecule has 0 aliphatic heterocycles. The first-order chi connectivity index (χ1) is 14.9. The number of rotatable bonds is 8. The Morgan fingerprint density at radius 3 is 2.48 bits per heavy atom. The van der Waals surface area contributed by atoms with E-state index in [4.69, 9.17) is 4.98 Å². The molecule has 1 unspecified atom stereocenters. The summed E-state index contributed by atoms with van der Waals surface area (Å²) >= 11 is 0. The van der Waals surface area contributed by atoms with Gasteiger partial charge in [-0.2, -0.15) is 0 Å². The van der Waals surface area contributed by atoms with Crippen molar-refractivity contribution in [1.29, 1.82) is 0 Å². The lowest BCUT2D eigenvalue weighted by atomic mass is 10.1. The van der Waals surface area contributed by atoms with E-state index in [9.17, 15) is 9.59 Å². The second kappa shape index (κ2) is 9.90. The summed E-state index contributed by atoms with van der Waals surface area (Å²) < 4.78 is 1.68. The van der Waals surface area contributed by atoms with Gasteiger partial charge in [-0.25, -0.2) is 4.98 Å². The molecule has 0 fully saturated rings. The summed E-state index contributed by atoms with van der Waals surface area (Å²) in [6.07, 6.45) is 3.52. The zero-order valence-electron chi connectivity index (χ0n) is 19.3. The van der Waals surface area contributed by atoms with Gasteiger partial charge in [-0.3, -0.25) is 14.2 Å². The van der Waals surface area contributed by atoms with Crippen LogP contribution in [-0.2, 0) is 4.79 Å². The first-order valence-corrected chi connectivity index (χ1v) is 11.3. The van der Waals surface area contributed by atoms with Gasteiger partial charge in [-0.1, -0.05) is 38.0 Å². The largest absolute Gasteiger partial charge is 0.333 e. The number of aryl methyl sites for hydroxylation is 2. The number of nitrogens with zero attached hydrogens (tertiary/aromatic N) is 3. The first kappa shape index (κ1) is 22.7. The van der Waals surface area contributed by atoms with Crippen molar-refractivity contribution in [2.45, 2.75) is 66.3 Å². The Hall–Kier alpha value is -2.95. The molecular weight excluding hydrogens is 386 g/mol. The van der Waals surface area contributed by atoms with E-state index in [0.717, 1.165) is 30.5 Å². The van der Waals surface area contributed by atoms with Crippen LogP contribution in [0.3, 0.4) is 0 Å². The van der Waals surface area contributed by atoms with Gasteiger partial charge in [-0.15, -0.1) is 0 Å². The standard InChI is InChI=1S/C26H33N3O2/c1-6-8-9-14-24(30)28(7-2)20(5)25-27-23-13-11-10-12-22(23)26(31)29(25)21-16-15-18(3)19(4)17-21/h10-13,15-17,20H,6-9,14H2,1-5H3. The van der Waals surface area contributed by atoms with E-state index >= 15 is 0 Å². The number of aromatic nitrogens is 2. The Kier molecular flexibility index (Phi) is 7.26. The molecule has 1 atom stereocenters. The van der Waals surface area contributed by atoms with Gasteiger partial charge < -0.3 is 4.90 Å². The van der Waals surface area contributed by atoms with Gasteiger partial charge >= 0.3 is 0 Å². The van der Waals surface area contributed by atoms with Crippen LogP contribution in [0.1, 0.15) is 69.4 Å². The fraction of sp³-hybridized carbons (Fsp3) is 0.423. The van der Waals surface area contributed by atoms with Crippen molar-refractivity contribution in [3.63, 3.8) is 0 Å². The SMILES string of the molecule is CCCCCC(=O)N(CC)C(C)c1nc2ccccc2c(=O)n1-c1ccc(C)c(C)c1. The highest BCUT2D eigenvalue weighted by Crippen LogP contribution is 2.24. The van der Waals surface area contributed by atoms with Crippen LogP contribution in [0.4, 0.5) is 0 Å². The molecule has 1 amide bonds. The number of carbonyl (C=O) groups excluding carboxylic acids is 1. The van der Waals surface area contributed by atoms with Crippen molar-refractivity contribution >= 4 is 16.8 Å². The zero-order chi connectivity index (χ0) is 22.5. The summed E-state index contributed by atoms with van der Waals surface area (Å²) in [5.74, 6) is 0.704. The molecule has 31 heavy (non-hydrogen) atoms. The summed E-state index contributed by atoms with van der Waals surface area (Å²) in [5.41, 5.74) is 3.61. The molecule has 0 aliphatic carbocycles. The van der Waals surface area contributed by atoms with Crippen LogP contribution in [0, 0.1) is 13.8 Å². The number of fused-ring (bicyclic) bond motifs is 1. The Labute approximate surface area is 184 Å². The molecule has 5 heteroatoms. The first-order valence-electron chi connectivity index (χ1n) is 11.3. The average molecular weight is 420 g/mol. The van der Waals surface area contributed by atoms with Crippen LogP contribution < -0.4 is 5.56 Å². The van der Waals surface area contributed by atoms with E-state index in [2.05, 4.69) is 13.8 Å². The molecule has 2 aromatic carbocycles. The minimum atomic E-state index is -0.321. The van der Waals surface area contributed by atoms with E-state index in [1.807, 2.05) is 68.1 Å². The lowest BCUT2D eigenvalue weighted by Gasteiger charge is -2.29. The number of benzene rings is 2. The van der Waals surface area contributed by atoms with Crippen molar-refractivity contribution in [2.24, 2.45) is 0 Å². The second-order valence-corrected chi connectivity index (χ2v) is 8.21. The third-order valence-electron chi connectivity index (χ3n) is 6.05. The van der Waals surface area contributed by atoms with E-state index in [-0.39, 0.29) is 17.5 Å². The predicted octanol–water partition coefficient (Wildman–Crippen LogP) is 5.49. The fourth-order valence-electron chi connectivity index (χ4n) is 4.02. The minimum absolute atomic E-state index is 0.106. The zero-order valence-corrected chi connectivity index (χ0v) is 19.3. The molecule has 1 heterocycles. The third kappa shape index (κ3) is 4.71. The fourth-order valence-corrected chi connectivity index (χ4v) is 4.02. The molecule has 1 aromatic heterocycles. The van der Waals surface area contributed by atoms with Gasteiger partial charge in [0.25, 0.3) is 5.56 Å². The summed E-state index contributed by atoms with van der Waals surface area (Å²) in [7, 11) is 0. The Balaban J connectivity index is 2.16. The average Bonchev–Trinajstić information content (AvgIpc) is 2.76. The maximum atomic E-state index is 13.6. The van der Waals surface area contributed by atoms with Crippen LogP contribution >= 0.6 is 0 Å². The van der Waals surface area contributed by atoms with Gasteiger partial charge in [0.2, 0.25) is 5.91 Å². The second-order valence-electron chi connectivity index (χ2n) is 8.21. The van der Waals surface area contributed by atoms with Gasteiger partial charge in [0.05, 0.1) is 22.6 Å². The van der Waals surface area contributed by atoms with Gasteiger partial charge in [0.1, 0.15) is 5.82 Å². The molecule has 0 radical (unpaired) electrons. The van der Waals surface area contributed by atoms with E-state index in [1.54, 1.807) is 4.57 Å². The molecule has 0 saturated carbocycles. The topological polar surface area (TPSA) is 55.2 Å². The maximum Gasteiger partial charge on any atom is 0.266 e. The lowest BCUT2D eigenvalue weighted by molar-refractivity contribution is -0.133. The molecule has 164 valence electrons. The molecule has 5 nitrogen and oxygen atoms in total. The molecule has 0 aliphatic rings. The maximum absolute atomic E-state index is 13.6. The van der Waals surface area contributed by atoms with Gasteiger partial charge in [0, 0.05) is 13.0 Å². The highest BCUT2D eigenvalue weighted by molar-refractivity contribution is 5.79. The highest BCUT2D eigenvalue weighted by atomic mass is 16.2. The molecule has 0 N–H and O–H groups in total. The normalized spacial score (nSPS) is 12.2. The van der Waals surface area contributed by atoms with Crippen LogP contribution in [0.5, 0.6) is 0 Å². The monoisotopic (exact) mass is 419 g/mol. The number of carbonyl (C=O) groups is 1. The molecule has 0 saturated heterocycles. The summed E-state index contributed by atoms with van der Waals surface area (Å²) in [6, 6.07) is 13.1. The predicted molar refractivity (Wildman–Crippen MR) is 127 cm³/mol. The Bertz CT molecular complexity index is 1130. The van der Waals surface area contributed by atoms with E-state index in [1.165, 1.54) is 5.56 Å². The number of amides is 1. The van der Waals surface area contributed by atoms with Crippen molar-refractivity contribution < 1.29 is 4.79 Å². The number of unbranched alkanes of at least 4 members (excludes halogenated alkanes) is 2. The third-order valence-corrected chi connectivity index (χ3v) is 6.05. The van der Waals surface area contributed by atoms with E-state index < -0.39 is 0 Å². The van der Waals surface area contributed by atoms with Crippen LogP contribution in [0.15, 0.2) is 47.3 Å². The van der Waals surface area contributed by atoms with Gasteiger partial charge in [0.15, 0.2) is 0 Å². The quantitative estimate of drug-likeness (QED) is 0.454. The van der Waals surface area contributed by atoms with Crippen molar-refractivity contribution in [1.82, 2.24) is 14.5 Å². The molecule has 3 rings (SSSR count). The number of hydrogen-bond acceptors (Lipinski definition) is 3. The molecule has 0 spiro atoms. The highest BCUT2D eigenvalue weighted by Gasteiger charge is 2.25. The number of para-hydroxylation sites is 1. The minimum Gasteiger partial charge on any atom is -0.333 e. The summed E-state index contributed by atoms with van der Waals surface area (Å²) in [5, 5.41) is 0.578. The summed E-state index contributed by atoms with van der Waals surface area (Å²) in [4.78, 5) is 33.2. The van der Waals surface area contributed by atoms with Crippen LogP contribution in [0.25, 0.3) is 16.6 Å². The van der Waals surface area contributed by atoms with Crippen LogP contribution in [0.2, 0.25) is 0 Å².